The Morgan fingerprint density at radius 3 is 2.59 bits per heavy atom. The highest BCUT2D eigenvalue weighted by molar-refractivity contribution is 6.23. The van der Waals surface area contributed by atoms with Crippen LogP contribution in [0.3, 0.4) is 0 Å². The molecule has 0 aliphatic carbocycles. The Labute approximate surface area is 98.3 Å². The minimum Gasteiger partial charge on any atom is -0.478 e. The van der Waals surface area contributed by atoms with Crippen LogP contribution >= 0.6 is 0 Å². The van der Waals surface area contributed by atoms with Crippen LogP contribution in [0.2, 0.25) is 0 Å². The second kappa shape index (κ2) is 4.25. The molecular weight excluding hydrogens is 218 g/mol. The van der Waals surface area contributed by atoms with E-state index in [9.17, 15) is 9.59 Å². The largest absolute Gasteiger partial charge is 0.478 e. The molecule has 1 heterocycles. The number of benzene rings is 1. The predicted molar refractivity (Wildman–Crippen MR) is 64.4 cm³/mol. The number of fused-ring (bicyclic) bond motifs is 1. The number of allylic oxidation sites excluding steroid dienone is 2. The van der Waals surface area contributed by atoms with Gasteiger partial charge in [0.1, 0.15) is 5.57 Å². The first-order valence-corrected chi connectivity index (χ1v) is 5.12. The fraction of sp³-hybridized carbons (Fsp3) is 0.0769. The Morgan fingerprint density at radius 1 is 1.24 bits per heavy atom. The van der Waals surface area contributed by atoms with Crippen molar-refractivity contribution in [1.82, 2.24) is 0 Å². The second-order valence-electron chi connectivity index (χ2n) is 3.67. The molecule has 1 aromatic carbocycles. The summed E-state index contributed by atoms with van der Waals surface area (Å²) in [5.74, 6) is -1.65. The zero-order valence-electron chi connectivity index (χ0n) is 9.23. The third kappa shape index (κ3) is 1.97. The smallest absolute Gasteiger partial charge is 0.339 e. The summed E-state index contributed by atoms with van der Waals surface area (Å²) in [6.45, 7) is 1.26. The van der Waals surface area contributed by atoms with Gasteiger partial charge < -0.3 is 10.4 Å². The van der Waals surface area contributed by atoms with Crippen molar-refractivity contribution in [3.8, 4) is 0 Å². The van der Waals surface area contributed by atoms with Crippen molar-refractivity contribution in [2.24, 2.45) is 0 Å². The van der Waals surface area contributed by atoms with E-state index < -0.39 is 11.8 Å². The van der Waals surface area contributed by atoms with Gasteiger partial charge in [0.15, 0.2) is 5.78 Å². The lowest BCUT2D eigenvalue weighted by molar-refractivity contribution is -0.134. The lowest BCUT2D eigenvalue weighted by Gasteiger charge is -2.16. The van der Waals surface area contributed by atoms with Gasteiger partial charge in [-0.1, -0.05) is 18.2 Å². The van der Waals surface area contributed by atoms with Crippen LogP contribution in [0.15, 0.2) is 42.1 Å². The van der Waals surface area contributed by atoms with Crippen LogP contribution in [0, 0.1) is 0 Å². The average Bonchev–Trinajstić information content (AvgIpc) is 2.28. The molecule has 2 rings (SSSR count). The van der Waals surface area contributed by atoms with E-state index >= 15 is 0 Å². The highest BCUT2D eigenvalue weighted by atomic mass is 16.4. The molecule has 2 N–H and O–H groups in total. The van der Waals surface area contributed by atoms with Gasteiger partial charge in [-0.2, -0.15) is 0 Å². The van der Waals surface area contributed by atoms with E-state index in [1.54, 1.807) is 24.4 Å². The van der Waals surface area contributed by atoms with Crippen LogP contribution in [-0.2, 0) is 9.59 Å². The summed E-state index contributed by atoms with van der Waals surface area (Å²) >= 11 is 0. The van der Waals surface area contributed by atoms with E-state index in [0.717, 1.165) is 11.3 Å². The molecule has 1 aliphatic heterocycles. The fourth-order valence-corrected chi connectivity index (χ4v) is 1.82. The number of carboxylic acid groups (broad SMARTS) is 1. The molecule has 1 aromatic rings. The van der Waals surface area contributed by atoms with Gasteiger partial charge in [-0.3, -0.25) is 4.79 Å². The normalized spacial score (nSPS) is 15.8. The number of Topliss-reactive ketones (excluding diaryl/α,β-unsaturated/α-hetero) is 1. The van der Waals surface area contributed by atoms with Crippen LogP contribution in [0.5, 0.6) is 0 Å². The van der Waals surface area contributed by atoms with Crippen LogP contribution < -0.4 is 5.32 Å². The Kier molecular flexibility index (Phi) is 2.78. The molecule has 1 aliphatic rings. The van der Waals surface area contributed by atoms with Gasteiger partial charge >= 0.3 is 5.97 Å². The van der Waals surface area contributed by atoms with Gasteiger partial charge in [0.05, 0.1) is 0 Å². The van der Waals surface area contributed by atoms with E-state index in [1.165, 1.54) is 6.92 Å². The lowest BCUT2D eigenvalue weighted by Crippen LogP contribution is -2.13. The molecule has 0 aromatic heterocycles. The van der Waals surface area contributed by atoms with Crippen molar-refractivity contribution in [2.75, 3.05) is 5.32 Å². The average molecular weight is 229 g/mol. The van der Waals surface area contributed by atoms with E-state index in [1.807, 2.05) is 12.1 Å². The van der Waals surface area contributed by atoms with Crippen molar-refractivity contribution < 1.29 is 14.7 Å². The number of anilines is 1. The maximum atomic E-state index is 11.4. The number of ketones is 1. The maximum Gasteiger partial charge on any atom is 0.339 e. The maximum absolute atomic E-state index is 11.4. The third-order valence-corrected chi connectivity index (χ3v) is 2.54. The molecule has 0 saturated carbocycles. The number of carbonyl (C=O) groups excluding carboxylic acids is 1. The number of rotatable bonds is 2. The molecule has 0 unspecified atom stereocenters. The number of hydrogen-bond acceptors (Lipinski definition) is 3. The van der Waals surface area contributed by atoms with Gasteiger partial charge in [-0.25, -0.2) is 4.79 Å². The van der Waals surface area contributed by atoms with Gasteiger partial charge in [0.25, 0.3) is 0 Å². The second-order valence-corrected chi connectivity index (χ2v) is 3.67. The quantitative estimate of drug-likeness (QED) is 0.462. The van der Waals surface area contributed by atoms with Gasteiger partial charge in [0, 0.05) is 23.0 Å². The number of carbonyl (C=O) groups is 2. The molecule has 0 fully saturated rings. The Balaban J connectivity index is 2.70. The zero-order valence-corrected chi connectivity index (χ0v) is 9.23. The topological polar surface area (TPSA) is 66.4 Å². The van der Waals surface area contributed by atoms with E-state index in [4.69, 9.17) is 5.11 Å². The summed E-state index contributed by atoms with van der Waals surface area (Å²) in [4.78, 5) is 22.5. The number of para-hydroxylation sites is 1. The van der Waals surface area contributed by atoms with Crippen LogP contribution in [0.4, 0.5) is 5.69 Å². The first-order valence-electron chi connectivity index (χ1n) is 5.12. The van der Waals surface area contributed by atoms with Crippen molar-refractivity contribution in [3.63, 3.8) is 0 Å². The first-order chi connectivity index (χ1) is 8.11. The molecule has 4 nitrogen and oxygen atoms in total. The SMILES string of the molecule is CC(=O)C(C(=O)O)=C1C=CNc2ccccc21. The number of aliphatic carboxylic acids is 1. The predicted octanol–water partition coefficient (Wildman–Crippen LogP) is 2.05. The molecule has 17 heavy (non-hydrogen) atoms. The molecule has 0 radical (unpaired) electrons. The third-order valence-electron chi connectivity index (χ3n) is 2.54. The van der Waals surface area contributed by atoms with Gasteiger partial charge in [0.2, 0.25) is 0 Å². The Morgan fingerprint density at radius 2 is 1.94 bits per heavy atom. The molecule has 0 amide bonds. The van der Waals surface area contributed by atoms with Crippen LogP contribution in [0.25, 0.3) is 5.57 Å². The molecule has 0 atom stereocenters. The van der Waals surface area contributed by atoms with Crippen molar-refractivity contribution in [3.05, 3.63) is 47.7 Å². The fourth-order valence-electron chi connectivity index (χ4n) is 1.82. The zero-order chi connectivity index (χ0) is 12.4. The summed E-state index contributed by atoms with van der Waals surface area (Å²) in [5.41, 5.74) is 1.78. The van der Waals surface area contributed by atoms with Crippen LogP contribution in [0.1, 0.15) is 12.5 Å². The minimum absolute atomic E-state index is 0.185. The summed E-state index contributed by atoms with van der Waals surface area (Å²) in [6.07, 6.45) is 3.23. The van der Waals surface area contributed by atoms with Crippen molar-refractivity contribution >= 4 is 23.0 Å². The Hall–Kier alpha value is -2.36. The Bertz CT molecular complexity index is 540. The summed E-state index contributed by atoms with van der Waals surface area (Å²) < 4.78 is 0. The highest BCUT2D eigenvalue weighted by Crippen LogP contribution is 2.31. The molecule has 0 bridgehead atoms. The summed E-state index contributed by atoms with van der Waals surface area (Å²) in [6, 6.07) is 7.27. The molecular formula is C13H11NO3. The minimum atomic E-state index is -1.20. The molecule has 4 heteroatoms. The van der Waals surface area contributed by atoms with Crippen molar-refractivity contribution in [2.45, 2.75) is 6.92 Å². The van der Waals surface area contributed by atoms with E-state index in [2.05, 4.69) is 5.32 Å². The number of nitrogens with one attached hydrogen (secondary N) is 1. The molecule has 0 spiro atoms. The van der Waals surface area contributed by atoms with Crippen LogP contribution in [-0.4, -0.2) is 16.9 Å². The number of hydrogen-bond donors (Lipinski definition) is 2. The summed E-state index contributed by atoms with van der Waals surface area (Å²) in [5, 5.41) is 12.1. The van der Waals surface area contributed by atoms with Crippen molar-refractivity contribution in [1.29, 1.82) is 0 Å². The highest BCUT2D eigenvalue weighted by Gasteiger charge is 2.21. The number of carboxylic acids is 1. The van der Waals surface area contributed by atoms with Gasteiger partial charge in [-0.05, 0) is 19.1 Å². The van der Waals surface area contributed by atoms with E-state index in [-0.39, 0.29) is 5.57 Å². The first kappa shape index (κ1) is 11.1. The summed E-state index contributed by atoms with van der Waals surface area (Å²) in [7, 11) is 0. The standard InChI is InChI=1S/C13H11NO3/c1-8(15)12(13(16)17)10-6-7-14-11-5-3-2-4-9(10)11/h2-7,14H,1H3,(H,16,17). The molecule has 0 saturated heterocycles. The van der Waals surface area contributed by atoms with Gasteiger partial charge in [-0.15, -0.1) is 0 Å². The molecule has 86 valence electrons. The lowest BCUT2D eigenvalue weighted by atomic mass is 9.94. The monoisotopic (exact) mass is 229 g/mol. The van der Waals surface area contributed by atoms with E-state index in [0.29, 0.717) is 5.57 Å².